The standard InChI is InChI=1S/C18H20N2O2/c1-13(17-10-16(21-2)8-9-18(17)22-3)20-12-15-6-4-14(11-19)5-7-15/h4-10,13,20H,12H2,1-3H3/t13-/m0/s1. The molecule has 0 amide bonds. The van der Waals surface area contributed by atoms with Gasteiger partial charge < -0.3 is 14.8 Å². The zero-order valence-electron chi connectivity index (χ0n) is 13.1. The first-order valence-electron chi connectivity index (χ1n) is 7.12. The largest absolute Gasteiger partial charge is 0.497 e. The maximum absolute atomic E-state index is 8.81. The average molecular weight is 296 g/mol. The van der Waals surface area contributed by atoms with Crippen molar-refractivity contribution in [1.29, 1.82) is 5.26 Å². The zero-order valence-corrected chi connectivity index (χ0v) is 13.1. The molecule has 4 heteroatoms. The van der Waals surface area contributed by atoms with E-state index in [2.05, 4.69) is 18.3 Å². The summed E-state index contributed by atoms with van der Waals surface area (Å²) in [5.41, 5.74) is 2.86. The lowest BCUT2D eigenvalue weighted by Gasteiger charge is -2.18. The van der Waals surface area contributed by atoms with Crippen LogP contribution in [0.4, 0.5) is 0 Å². The molecule has 0 radical (unpaired) electrons. The van der Waals surface area contributed by atoms with Gasteiger partial charge in [0, 0.05) is 18.2 Å². The van der Waals surface area contributed by atoms with E-state index in [1.54, 1.807) is 14.2 Å². The molecule has 2 rings (SSSR count). The number of ether oxygens (including phenoxy) is 2. The highest BCUT2D eigenvalue weighted by Crippen LogP contribution is 2.29. The fourth-order valence-corrected chi connectivity index (χ4v) is 2.26. The van der Waals surface area contributed by atoms with Gasteiger partial charge in [0.05, 0.1) is 25.9 Å². The van der Waals surface area contributed by atoms with Gasteiger partial charge in [-0.25, -0.2) is 0 Å². The summed E-state index contributed by atoms with van der Waals surface area (Å²) in [5, 5.41) is 12.3. The summed E-state index contributed by atoms with van der Waals surface area (Å²) in [4.78, 5) is 0. The Morgan fingerprint density at radius 1 is 1.09 bits per heavy atom. The average Bonchev–Trinajstić information content (AvgIpc) is 2.59. The van der Waals surface area contributed by atoms with E-state index >= 15 is 0 Å². The van der Waals surface area contributed by atoms with Crippen LogP contribution < -0.4 is 14.8 Å². The summed E-state index contributed by atoms with van der Waals surface area (Å²) in [5.74, 6) is 1.64. The first kappa shape index (κ1) is 15.9. The van der Waals surface area contributed by atoms with E-state index in [0.29, 0.717) is 12.1 Å². The lowest BCUT2D eigenvalue weighted by molar-refractivity contribution is 0.391. The van der Waals surface area contributed by atoms with E-state index in [-0.39, 0.29) is 6.04 Å². The molecule has 0 spiro atoms. The van der Waals surface area contributed by atoms with Crippen LogP contribution in [0.2, 0.25) is 0 Å². The first-order chi connectivity index (χ1) is 10.7. The van der Waals surface area contributed by atoms with E-state index in [1.165, 1.54) is 0 Å². The van der Waals surface area contributed by atoms with Crippen molar-refractivity contribution in [2.45, 2.75) is 19.5 Å². The smallest absolute Gasteiger partial charge is 0.123 e. The van der Waals surface area contributed by atoms with Crippen molar-refractivity contribution >= 4 is 0 Å². The van der Waals surface area contributed by atoms with Crippen molar-refractivity contribution in [2.24, 2.45) is 0 Å². The molecule has 0 aliphatic heterocycles. The number of hydrogen-bond acceptors (Lipinski definition) is 4. The molecule has 0 aliphatic carbocycles. The summed E-state index contributed by atoms with van der Waals surface area (Å²) in [6.07, 6.45) is 0. The molecule has 0 saturated heterocycles. The van der Waals surface area contributed by atoms with Crippen LogP contribution in [0.5, 0.6) is 11.5 Å². The highest BCUT2D eigenvalue weighted by molar-refractivity contribution is 5.42. The van der Waals surface area contributed by atoms with E-state index in [1.807, 2.05) is 42.5 Å². The van der Waals surface area contributed by atoms with Crippen LogP contribution in [0.3, 0.4) is 0 Å². The SMILES string of the molecule is COc1ccc(OC)c([C@H](C)NCc2ccc(C#N)cc2)c1. The van der Waals surface area contributed by atoms with E-state index in [4.69, 9.17) is 14.7 Å². The van der Waals surface area contributed by atoms with Gasteiger partial charge in [0.2, 0.25) is 0 Å². The Morgan fingerprint density at radius 3 is 2.41 bits per heavy atom. The number of nitrogens with one attached hydrogen (secondary N) is 1. The van der Waals surface area contributed by atoms with Crippen molar-refractivity contribution < 1.29 is 9.47 Å². The molecule has 4 nitrogen and oxygen atoms in total. The first-order valence-corrected chi connectivity index (χ1v) is 7.12. The van der Waals surface area contributed by atoms with Crippen LogP contribution in [-0.2, 0) is 6.54 Å². The molecule has 0 bridgehead atoms. The minimum atomic E-state index is 0.112. The van der Waals surface area contributed by atoms with Gasteiger partial charge in [-0.2, -0.15) is 5.26 Å². The number of methoxy groups -OCH3 is 2. The molecular weight excluding hydrogens is 276 g/mol. The topological polar surface area (TPSA) is 54.3 Å². The second kappa shape index (κ2) is 7.48. The number of nitriles is 1. The van der Waals surface area contributed by atoms with Gasteiger partial charge in [-0.3, -0.25) is 0 Å². The second-order valence-corrected chi connectivity index (χ2v) is 5.02. The third-order valence-corrected chi connectivity index (χ3v) is 3.60. The highest BCUT2D eigenvalue weighted by Gasteiger charge is 2.12. The molecule has 1 atom stereocenters. The van der Waals surface area contributed by atoms with Gasteiger partial charge in [0.15, 0.2) is 0 Å². The molecule has 2 aromatic rings. The van der Waals surface area contributed by atoms with E-state index in [9.17, 15) is 0 Å². The van der Waals surface area contributed by atoms with E-state index in [0.717, 1.165) is 22.6 Å². The van der Waals surface area contributed by atoms with Crippen molar-refractivity contribution in [3.8, 4) is 17.6 Å². The second-order valence-electron chi connectivity index (χ2n) is 5.02. The van der Waals surface area contributed by atoms with Crippen LogP contribution in [0.15, 0.2) is 42.5 Å². The molecule has 0 unspecified atom stereocenters. The Hall–Kier alpha value is -2.51. The number of hydrogen-bond donors (Lipinski definition) is 1. The molecule has 0 aliphatic rings. The summed E-state index contributed by atoms with van der Waals surface area (Å²) < 4.78 is 10.7. The molecule has 0 aromatic heterocycles. The summed E-state index contributed by atoms with van der Waals surface area (Å²) >= 11 is 0. The molecule has 0 fully saturated rings. The number of nitrogens with zero attached hydrogens (tertiary/aromatic N) is 1. The van der Waals surface area contributed by atoms with Crippen LogP contribution in [-0.4, -0.2) is 14.2 Å². The molecule has 0 saturated carbocycles. The third kappa shape index (κ3) is 3.78. The Bertz CT molecular complexity index is 660. The van der Waals surface area contributed by atoms with Gasteiger partial charge >= 0.3 is 0 Å². The Morgan fingerprint density at radius 2 is 1.82 bits per heavy atom. The monoisotopic (exact) mass is 296 g/mol. The van der Waals surface area contributed by atoms with Gasteiger partial charge in [0.25, 0.3) is 0 Å². The molecule has 22 heavy (non-hydrogen) atoms. The van der Waals surface area contributed by atoms with Gasteiger partial charge in [0.1, 0.15) is 11.5 Å². The molecule has 1 N–H and O–H groups in total. The minimum Gasteiger partial charge on any atom is -0.497 e. The van der Waals surface area contributed by atoms with Crippen LogP contribution in [0.1, 0.15) is 29.7 Å². The van der Waals surface area contributed by atoms with Gasteiger partial charge in [-0.15, -0.1) is 0 Å². The fraction of sp³-hybridized carbons (Fsp3) is 0.278. The van der Waals surface area contributed by atoms with Crippen molar-refractivity contribution in [3.05, 3.63) is 59.2 Å². The predicted octanol–water partition coefficient (Wildman–Crippen LogP) is 3.43. The van der Waals surface area contributed by atoms with Crippen LogP contribution in [0.25, 0.3) is 0 Å². The molecule has 0 heterocycles. The Balaban J connectivity index is 2.08. The molecular formula is C18H20N2O2. The predicted molar refractivity (Wildman–Crippen MR) is 86.0 cm³/mol. The summed E-state index contributed by atoms with van der Waals surface area (Å²) in [6, 6.07) is 15.6. The van der Waals surface area contributed by atoms with Crippen molar-refractivity contribution in [1.82, 2.24) is 5.32 Å². The minimum absolute atomic E-state index is 0.112. The lowest BCUT2D eigenvalue weighted by atomic mass is 10.1. The lowest BCUT2D eigenvalue weighted by Crippen LogP contribution is -2.18. The van der Waals surface area contributed by atoms with Crippen LogP contribution >= 0.6 is 0 Å². The fourth-order valence-electron chi connectivity index (χ4n) is 2.26. The maximum atomic E-state index is 8.81. The van der Waals surface area contributed by atoms with Crippen molar-refractivity contribution in [3.63, 3.8) is 0 Å². The normalized spacial score (nSPS) is 11.5. The van der Waals surface area contributed by atoms with Gasteiger partial charge in [-0.05, 0) is 42.8 Å². The Labute approximate surface area is 131 Å². The van der Waals surface area contributed by atoms with E-state index < -0.39 is 0 Å². The number of rotatable bonds is 6. The highest BCUT2D eigenvalue weighted by atomic mass is 16.5. The molecule has 2 aromatic carbocycles. The van der Waals surface area contributed by atoms with Gasteiger partial charge in [-0.1, -0.05) is 12.1 Å². The third-order valence-electron chi connectivity index (χ3n) is 3.60. The molecule has 114 valence electrons. The zero-order chi connectivity index (χ0) is 15.9. The summed E-state index contributed by atoms with van der Waals surface area (Å²) in [6.45, 7) is 2.80. The summed E-state index contributed by atoms with van der Waals surface area (Å²) in [7, 11) is 3.32. The Kier molecular flexibility index (Phi) is 5.40. The van der Waals surface area contributed by atoms with Crippen molar-refractivity contribution in [2.75, 3.05) is 14.2 Å². The quantitative estimate of drug-likeness (QED) is 0.887. The number of benzene rings is 2. The van der Waals surface area contributed by atoms with Crippen LogP contribution in [0, 0.1) is 11.3 Å². The maximum Gasteiger partial charge on any atom is 0.123 e.